The number of nitrogens with one attached hydrogen (secondary N) is 3. The van der Waals surface area contributed by atoms with Crippen molar-refractivity contribution in [2.75, 3.05) is 10.6 Å². The van der Waals surface area contributed by atoms with E-state index in [1.54, 1.807) is 42.0 Å². The lowest BCUT2D eigenvalue weighted by atomic mass is 10.1. The molecule has 0 atom stereocenters. The Hall–Kier alpha value is -4.02. The summed E-state index contributed by atoms with van der Waals surface area (Å²) in [7, 11) is -4.03. The summed E-state index contributed by atoms with van der Waals surface area (Å²) in [6, 6.07) is 17.7. The summed E-state index contributed by atoms with van der Waals surface area (Å²) < 4.78 is 28.1. The number of nitrogens with zero attached hydrogens (tertiary/aromatic N) is 1. The highest BCUT2D eigenvalue weighted by molar-refractivity contribution is 7.90. The lowest BCUT2D eigenvalue weighted by Gasteiger charge is -2.08. The summed E-state index contributed by atoms with van der Waals surface area (Å²) in [5.74, 6) is -0.941. The van der Waals surface area contributed by atoms with Gasteiger partial charge in [0, 0.05) is 23.0 Å². The lowest BCUT2D eigenvalue weighted by Crippen LogP contribution is -2.30. The Kier molecular flexibility index (Phi) is 5.15. The molecule has 0 aliphatic carbocycles. The molecule has 2 heterocycles. The first kappa shape index (κ1) is 20.9. The first-order valence-electron chi connectivity index (χ1n) is 9.79. The maximum Gasteiger partial charge on any atom is 0.264 e. The van der Waals surface area contributed by atoms with Crippen molar-refractivity contribution in [1.29, 1.82) is 0 Å². The van der Waals surface area contributed by atoms with Crippen LogP contribution in [0.3, 0.4) is 0 Å². The zero-order valence-corrected chi connectivity index (χ0v) is 18.5. The molecule has 0 saturated heterocycles. The van der Waals surface area contributed by atoms with E-state index in [-0.39, 0.29) is 16.4 Å². The van der Waals surface area contributed by atoms with Crippen LogP contribution in [0, 0.1) is 0 Å². The van der Waals surface area contributed by atoms with Gasteiger partial charge in [-0.3, -0.25) is 9.59 Å². The minimum absolute atomic E-state index is 0.0553. The number of benzene rings is 3. The van der Waals surface area contributed by atoms with Crippen molar-refractivity contribution in [2.24, 2.45) is 0 Å². The summed E-state index contributed by atoms with van der Waals surface area (Å²) >= 11 is 1.45. The van der Waals surface area contributed by atoms with Crippen molar-refractivity contribution in [3.63, 3.8) is 0 Å². The average Bonchev–Trinajstić information content (AvgIpc) is 3.41. The number of hydrogen-bond donors (Lipinski definition) is 3. The minimum atomic E-state index is -4.03. The maximum absolute atomic E-state index is 12.6. The molecule has 10 heteroatoms. The Bertz CT molecular complexity index is 1530. The van der Waals surface area contributed by atoms with Crippen LogP contribution in [0.25, 0.3) is 15.8 Å². The maximum atomic E-state index is 12.6. The topological polar surface area (TPSA) is 117 Å². The number of thiazole rings is 1. The molecule has 0 fully saturated rings. The molecule has 1 aromatic heterocycles. The molecule has 2 amide bonds. The van der Waals surface area contributed by atoms with E-state index >= 15 is 0 Å². The van der Waals surface area contributed by atoms with E-state index in [1.807, 2.05) is 12.1 Å². The fourth-order valence-corrected chi connectivity index (χ4v) is 5.28. The van der Waals surface area contributed by atoms with Gasteiger partial charge in [-0.05, 0) is 48.5 Å². The van der Waals surface area contributed by atoms with E-state index < -0.39 is 15.9 Å². The molecule has 164 valence electrons. The van der Waals surface area contributed by atoms with E-state index in [0.717, 1.165) is 21.5 Å². The van der Waals surface area contributed by atoms with Crippen LogP contribution in [0.5, 0.6) is 0 Å². The predicted octanol–water partition coefficient (Wildman–Crippen LogP) is 3.82. The molecule has 3 N–H and O–H groups in total. The van der Waals surface area contributed by atoms with Crippen molar-refractivity contribution in [1.82, 2.24) is 9.71 Å². The largest absolute Gasteiger partial charge is 0.361 e. The van der Waals surface area contributed by atoms with E-state index in [2.05, 4.69) is 20.3 Å². The quantitative estimate of drug-likeness (QED) is 0.377. The molecule has 4 aromatic rings. The molecule has 33 heavy (non-hydrogen) atoms. The Morgan fingerprint density at radius 2 is 1.76 bits per heavy atom. The standard InChI is InChI=1S/C23H16N4O4S2/c28-22(14-4-2-1-3-5-14)27-33(30,31)16-8-6-15(7-9-16)24-12-17-20-18(26-23(17)29)10-11-19-21(20)32-13-25-19/h1-13,24H,(H,26,29)(H,27,28)/b17-12-. The van der Waals surface area contributed by atoms with E-state index in [9.17, 15) is 18.0 Å². The third-order valence-electron chi connectivity index (χ3n) is 5.07. The van der Waals surface area contributed by atoms with Gasteiger partial charge in [-0.15, -0.1) is 11.3 Å². The smallest absolute Gasteiger partial charge is 0.264 e. The number of carbonyl (C=O) groups is 2. The second kappa shape index (κ2) is 8.15. The van der Waals surface area contributed by atoms with Crippen molar-refractivity contribution in [3.8, 4) is 0 Å². The average molecular weight is 477 g/mol. The van der Waals surface area contributed by atoms with Gasteiger partial charge in [0.05, 0.1) is 31.9 Å². The number of hydrogen-bond acceptors (Lipinski definition) is 7. The van der Waals surface area contributed by atoms with Crippen molar-refractivity contribution in [2.45, 2.75) is 4.90 Å². The molecule has 0 unspecified atom stereocenters. The highest BCUT2D eigenvalue weighted by Gasteiger charge is 2.27. The van der Waals surface area contributed by atoms with Crippen LogP contribution in [0.15, 0.2) is 83.3 Å². The van der Waals surface area contributed by atoms with Crippen LogP contribution in [0.1, 0.15) is 15.9 Å². The Morgan fingerprint density at radius 1 is 1.00 bits per heavy atom. The summed E-state index contributed by atoms with van der Waals surface area (Å²) in [4.78, 5) is 28.9. The predicted molar refractivity (Wildman–Crippen MR) is 127 cm³/mol. The fourth-order valence-electron chi connectivity index (χ4n) is 3.46. The van der Waals surface area contributed by atoms with Crippen LogP contribution in [-0.4, -0.2) is 25.2 Å². The fraction of sp³-hybridized carbons (Fsp3) is 0. The first-order valence-corrected chi connectivity index (χ1v) is 12.2. The number of carbonyl (C=O) groups excluding carboxylic acids is 2. The van der Waals surface area contributed by atoms with E-state index in [0.29, 0.717) is 11.3 Å². The van der Waals surface area contributed by atoms with Crippen LogP contribution < -0.4 is 15.4 Å². The number of anilines is 2. The van der Waals surface area contributed by atoms with Crippen molar-refractivity contribution >= 4 is 60.3 Å². The Morgan fingerprint density at radius 3 is 2.52 bits per heavy atom. The number of aromatic nitrogens is 1. The lowest BCUT2D eigenvalue weighted by molar-refractivity contribution is -0.110. The van der Waals surface area contributed by atoms with Gasteiger partial charge in [-0.2, -0.15) is 0 Å². The Balaban J connectivity index is 1.35. The summed E-state index contributed by atoms with van der Waals surface area (Å²) in [6.07, 6.45) is 1.58. The zero-order chi connectivity index (χ0) is 23.0. The van der Waals surface area contributed by atoms with Gasteiger partial charge in [0.15, 0.2) is 0 Å². The zero-order valence-electron chi connectivity index (χ0n) is 16.9. The second-order valence-electron chi connectivity index (χ2n) is 7.17. The molecule has 1 aliphatic heterocycles. The molecule has 0 radical (unpaired) electrons. The van der Waals surface area contributed by atoms with Gasteiger partial charge >= 0.3 is 0 Å². The highest BCUT2D eigenvalue weighted by atomic mass is 32.2. The van der Waals surface area contributed by atoms with Gasteiger partial charge in [-0.1, -0.05) is 18.2 Å². The summed E-state index contributed by atoms with van der Waals surface area (Å²) in [5, 5.41) is 5.88. The van der Waals surface area contributed by atoms with Gasteiger partial charge in [0.2, 0.25) is 0 Å². The summed E-state index contributed by atoms with van der Waals surface area (Å²) in [5.41, 5.74) is 5.34. The minimum Gasteiger partial charge on any atom is -0.361 e. The molecule has 0 spiro atoms. The molecular formula is C23H16N4O4S2. The van der Waals surface area contributed by atoms with Gasteiger partial charge < -0.3 is 10.6 Å². The third-order valence-corrected chi connectivity index (χ3v) is 7.28. The van der Waals surface area contributed by atoms with E-state index in [1.165, 1.54) is 35.6 Å². The van der Waals surface area contributed by atoms with Gasteiger partial charge in [0.25, 0.3) is 21.8 Å². The van der Waals surface area contributed by atoms with Crippen LogP contribution in [0.2, 0.25) is 0 Å². The number of fused-ring (bicyclic) bond motifs is 3. The van der Waals surface area contributed by atoms with Gasteiger partial charge in [-0.25, -0.2) is 18.1 Å². The second-order valence-corrected chi connectivity index (χ2v) is 9.71. The van der Waals surface area contributed by atoms with E-state index in [4.69, 9.17) is 0 Å². The summed E-state index contributed by atoms with van der Waals surface area (Å²) in [6.45, 7) is 0. The number of rotatable bonds is 5. The number of sulfonamides is 1. The monoisotopic (exact) mass is 476 g/mol. The molecule has 3 aromatic carbocycles. The van der Waals surface area contributed by atoms with Crippen LogP contribution in [0.4, 0.5) is 11.4 Å². The Labute approximate surface area is 193 Å². The first-order chi connectivity index (χ1) is 15.9. The molecular weight excluding hydrogens is 460 g/mol. The van der Waals surface area contributed by atoms with Gasteiger partial charge in [0.1, 0.15) is 0 Å². The molecule has 8 nitrogen and oxygen atoms in total. The molecule has 1 aliphatic rings. The van der Waals surface area contributed by atoms with Crippen LogP contribution in [-0.2, 0) is 14.8 Å². The normalized spacial score (nSPS) is 14.2. The highest BCUT2D eigenvalue weighted by Crippen LogP contribution is 2.39. The van der Waals surface area contributed by atoms with Crippen molar-refractivity contribution < 1.29 is 18.0 Å². The molecule has 0 saturated carbocycles. The third kappa shape index (κ3) is 3.97. The van der Waals surface area contributed by atoms with Crippen LogP contribution >= 0.6 is 11.3 Å². The van der Waals surface area contributed by atoms with Crippen molar-refractivity contribution in [3.05, 3.63) is 89.6 Å². The SMILES string of the molecule is O=C1Nc2ccc3ncsc3c2/C1=C/Nc1ccc(S(=O)(=O)NC(=O)c2ccccc2)cc1. The molecule has 5 rings (SSSR count). The molecule has 0 bridgehead atoms. The number of amides is 2.